The summed E-state index contributed by atoms with van der Waals surface area (Å²) >= 11 is 3.44. The van der Waals surface area contributed by atoms with Crippen molar-refractivity contribution < 1.29 is 31.0 Å². The molecule has 3 fully saturated rings. The first-order chi connectivity index (χ1) is 15.7. The summed E-state index contributed by atoms with van der Waals surface area (Å²) in [6.07, 6.45) is 4.55. The Morgan fingerprint density at radius 1 is 1.00 bits per heavy atom. The van der Waals surface area contributed by atoms with Crippen LogP contribution in [-0.2, 0) is 17.7 Å². The minimum absolute atomic E-state index is 0. The van der Waals surface area contributed by atoms with Gasteiger partial charge in [-0.1, -0.05) is 36.4 Å². The molecule has 7 heteroatoms. The van der Waals surface area contributed by atoms with Crippen LogP contribution in [0.4, 0.5) is 9.80 Å². The van der Waals surface area contributed by atoms with Crippen LogP contribution in [0.15, 0.2) is 65.4 Å². The molecule has 4 nitrogen and oxygen atoms in total. The van der Waals surface area contributed by atoms with Gasteiger partial charge in [0.05, 0.1) is 26.2 Å². The number of carbonyl (C=O) groups is 1. The number of benzene rings is 1. The number of piperidine rings is 3. The maximum Gasteiger partial charge on any atom is 0.415 e. The second-order valence-corrected chi connectivity index (χ2v) is 11.1. The Kier molecular flexibility index (Phi) is 8.28. The molecular weight excluding hydrogens is 516 g/mol. The van der Waals surface area contributed by atoms with Crippen LogP contribution in [0.1, 0.15) is 29.7 Å². The van der Waals surface area contributed by atoms with Crippen LogP contribution < -0.4 is 21.9 Å². The van der Waals surface area contributed by atoms with E-state index in [1.165, 1.54) is 43.8 Å². The highest BCUT2D eigenvalue weighted by Gasteiger charge is 2.47. The van der Waals surface area contributed by atoms with Crippen LogP contribution in [0.5, 0.6) is 0 Å². The molecular formula is C26H31BrN2O2S2. The van der Waals surface area contributed by atoms with Crippen LogP contribution in [-0.4, -0.2) is 42.9 Å². The van der Waals surface area contributed by atoms with Gasteiger partial charge in [0.15, 0.2) is 6.10 Å². The molecule has 2 aromatic heterocycles. The number of carbonyl (C=O) groups excluding carboxylic acids is 1. The third-order valence-corrected chi connectivity index (χ3v) is 8.93. The van der Waals surface area contributed by atoms with Gasteiger partial charge < -0.3 is 26.2 Å². The van der Waals surface area contributed by atoms with E-state index in [1.807, 2.05) is 47.0 Å². The summed E-state index contributed by atoms with van der Waals surface area (Å²) in [7, 11) is 0. The number of hydrogen-bond acceptors (Lipinski definition) is 4. The molecule has 0 radical (unpaired) electrons. The normalized spacial score (nSPS) is 23.6. The van der Waals surface area contributed by atoms with Crippen molar-refractivity contribution in [2.75, 3.05) is 31.1 Å². The summed E-state index contributed by atoms with van der Waals surface area (Å²) in [5.74, 6) is 0.512. The van der Waals surface area contributed by atoms with E-state index in [9.17, 15) is 4.79 Å². The summed E-state index contributed by atoms with van der Waals surface area (Å²) in [6.45, 7) is 5.18. The van der Waals surface area contributed by atoms with Crippen LogP contribution in [0.25, 0.3) is 0 Å². The second kappa shape index (κ2) is 11.2. The monoisotopic (exact) mass is 546 g/mol. The Bertz CT molecular complexity index is 987. The van der Waals surface area contributed by atoms with Gasteiger partial charge in [-0.25, -0.2) is 4.79 Å². The number of fused-ring (bicyclic) bond motifs is 3. The number of amides is 1. The van der Waals surface area contributed by atoms with Crippen LogP contribution >= 0.6 is 22.7 Å². The average Bonchev–Trinajstić information content (AvgIpc) is 3.53. The molecule has 0 spiro atoms. The number of aryl methyl sites for hydroxylation is 1. The maximum absolute atomic E-state index is 13.4. The van der Waals surface area contributed by atoms with Crippen molar-refractivity contribution in [3.05, 3.63) is 75.8 Å². The van der Waals surface area contributed by atoms with E-state index in [2.05, 4.69) is 29.6 Å². The lowest BCUT2D eigenvalue weighted by atomic mass is 9.83. The largest absolute Gasteiger partial charge is 1.00 e. The molecule has 3 saturated heterocycles. The molecule has 5 heterocycles. The predicted octanol–water partition coefficient (Wildman–Crippen LogP) is 3.20. The predicted molar refractivity (Wildman–Crippen MR) is 132 cm³/mol. The third kappa shape index (κ3) is 5.88. The minimum atomic E-state index is -0.202. The van der Waals surface area contributed by atoms with E-state index < -0.39 is 0 Å². The molecule has 33 heavy (non-hydrogen) atoms. The SMILES string of the molecule is O=C(O[C@H]1C[N+]2(CCCc3cccs3)CCC1CC2)N(Cc1ccccc1)c1cccs1.[Br-]. The van der Waals surface area contributed by atoms with Crippen molar-refractivity contribution in [2.24, 2.45) is 5.92 Å². The fourth-order valence-electron chi connectivity index (χ4n) is 5.33. The summed E-state index contributed by atoms with van der Waals surface area (Å²) in [4.78, 5) is 16.7. The Morgan fingerprint density at radius 3 is 2.45 bits per heavy atom. The smallest absolute Gasteiger partial charge is 0.415 e. The molecule has 176 valence electrons. The molecule has 3 aliphatic rings. The highest BCUT2D eigenvalue weighted by molar-refractivity contribution is 7.14. The minimum Gasteiger partial charge on any atom is -1.00 e. The number of nitrogens with zero attached hydrogens (tertiary/aromatic N) is 2. The Morgan fingerprint density at radius 2 is 1.76 bits per heavy atom. The third-order valence-electron chi connectivity index (χ3n) is 7.11. The summed E-state index contributed by atoms with van der Waals surface area (Å²) in [5.41, 5.74) is 1.11. The Labute approximate surface area is 215 Å². The van der Waals surface area contributed by atoms with E-state index in [1.54, 1.807) is 16.2 Å². The van der Waals surface area contributed by atoms with Gasteiger partial charge in [0.1, 0.15) is 11.5 Å². The zero-order valence-electron chi connectivity index (χ0n) is 18.8. The average molecular weight is 548 g/mol. The van der Waals surface area contributed by atoms with Gasteiger partial charge in [-0.15, -0.1) is 22.7 Å². The number of thiophene rings is 2. The summed E-state index contributed by atoms with van der Waals surface area (Å²) in [5, 5.41) is 5.13. The van der Waals surface area contributed by atoms with Crippen molar-refractivity contribution in [3.63, 3.8) is 0 Å². The number of hydrogen-bond donors (Lipinski definition) is 0. The van der Waals surface area contributed by atoms with Crippen LogP contribution in [0.3, 0.4) is 0 Å². The standard InChI is InChI=1S/C26H31N2O2S2.BrH/c29-26(27(25-11-6-18-32-25)19-21-7-2-1-3-8-21)30-24-20-28(15-12-22(24)13-16-28)14-4-9-23-10-5-17-31-23;/h1-3,5-8,10-11,17-18,22,24H,4,9,12-16,19-20H2;1H/q+1;/p-1/t22?,24-,28?;/m0./s1. The van der Waals surface area contributed by atoms with Gasteiger partial charge in [-0.3, -0.25) is 4.90 Å². The molecule has 3 aliphatic heterocycles. The first-order valence-electron chi connectivity index (χ1n) is 11.6. The molecule has 2 bridgehead atoms. The summed E-state index contributed by atoms with van der Waals surface area (Å²) in [6, 6.07) is 18.6. The van der Waals surface area contributed by atoms with Gasteiger partial charge in [0.2, 0.25) is 0 Å². The van der Waals surface area contributed by atoms with Crippen molar-refractivity contribution in [1.29, 1.82) is 0 Å². The lowest BCUT2D eigenvalue weighted by Crippen LogP contribution is -3.00. The van der Waals surface area contributed by atoms with Crippen molar-refractivity contribution >= 4 is 33.8 Å². The molecule has 1 amide bonds. The van der Waals surface area contributed by atoms with E-state index in [0.29, 0.717) is 12.5 Å². The molecule has 6 rings (SSSR count). The number of halogens is 1. The van der Waals surface area contributed by atoms with Crippen molar-refractivity contribution in [2.45, 2.75) is 38.3 Å². The Hall–Kier alpha value is -1.67. The first kappa shape index (κ1) is 24.5. The van der Waals surface area contributed by atoms with Crippen LogP contribution in [0, 0.1) is 5.92 Å². The number of quaternary nitrogens is 1. The van der Waals surface area contributed by atoms with Crippen LogP contribution in [0.2, 0.25) is 0 Å². The molecule has 1 aromatic carbocycles. The van der Waals surface area contributed by atoms with Gasteiger partial charge in [0.25, 0.3) is 0 Å². The molecule has 0 N–H and O–H groups in total. The summed E-state index contributed by atoms with van der Waals surface area (Å²) < 4.78 is 7.36. The van der Waals surface area contributed by atoms with Crippen molar-refractivity contribution in [1.82, 2.24) is 0 Å². The van der Waals surface area contributed by atoms with Gasteiger partial charge >= 0.3 is 6.09 Å². The molecule has 0 unspecified atom stereocenters. The number of anilines is 1. The molecule has 0 aliphatic carbocycles. The highest BCUT2D eigenvalue weighted by atomic mass is 79.9. The number of ether oxygens (including phenoxy) is 1. The van der Waals surface area contributed by atoms with Gasteiger partial charge in [-0.2, -0.15) is 0 Å². The first-order valence-corrected chi connectivity index (χ1v) is 13.4. The molecule has 0 saturated carbocycles. The zero-order valence-corrected chi connectivity index (χ0v) is 22.0. The maximum atomic E-state index is 13.4. The fraction of sp³-hybridized carbons (Fsp3) is 0.423. The fourth-order valence-corrected chi connectivity index (χ4v) is 6.80. The highest BCUT2D eigenvalue weighted by Crippen LogP contribution is 2.37. The second-order valence-electron chi connectivity index (χ2n) is 9.16. The zero-order chi connectivity index (χ0) is 21.8. The number of rotatable bonds is 8. The van der Waals surface area contributed by atoms with Gasteiger partial charge in [-0.05, 0) is 40.9 Å². The van der Waals surface area contributed by atoms with E-state index >= 15 is 0 Å². The quantitative estimate of drug-likeness (QED) is 0.406. The lowest BCUT2D eigenvalue weighted by molar-refractivity contribution is -0.946. The van der Waals surface area contributed by atoms with Gasteiger partial charge in [0, 0.05) is 30.1 Å². The lowest BCUT2D eigenvalue weighted by Gasteiger charge is -2.52. The van der Waals surface area contributed by atoms with Crippen molar-refractivity contribution in [3.8, 4) is 0 Å². The molecule has 1 atom stereocenters. The van der Waals surface area contributed by atoms with E-state index in [-0.39, 0.29) is 29.2 Å². The van der Waals surface area contributed by atoms with E-state index in [0.717, 1.165) is 28.0 Å². The Balaban J connectivity index is 0.00000259. The molecule has 3 aromatic rings. The topological polar surface area (TPSA) is 29.5 Å². The van der Waals surface area contributed by atoms with E-state index in [4.69, 9.17) is 4.74 Å².